The van der Waals surface area contributed by atoms with Crippen molar-refractivity contribution in [3.05, 3.63) is 47.3 Å². The molecule has 0 fully saturated rings. The maximum Gasteiger partial charge on any atom is 0.118 e. The molecule has 0 aliphatic carbocycles. The molecule has 0 spiro atoms. The zero-order valence-corrected chi connectivity index (χ0v) is 12.3. The van der Waals surface area contributed by atoms with Gasteiger partial charge in [0.25, 0.3) is 0 Å². The highest BCUT2D eigenvalue weighted by molar-refractivity contribution is 5.28. The van der Waals surface area contributed by atoms with Crippen LogP contribution in [0.1, 0.15) is 29.3 Å². The number of ether oxygens (including phenoxy) is 1. The van der Waals surface area contributed by atoms with E-state index in [0.717, 1.165) is 29.8 Å². The van der Waals surface area contributed by atoms with E-state index in [9.17, 15) is 0 Å². The van der Waals surface area contributed by atoms with Crippen molar-refractivity contribution >= 4 is 0 Å². The van der Waals surface area contributed by atoms with Gasteiger partial charge in [0.15, 0.2) is 0 Å². The Hall–Kier alpha value is -1.85. The molecule has 1 aromatic carbocycles. The van der Waals surface area contributed by atoms with Gasteiger partial charge in [0.05, 0.1) is 13.3 Å². The summed E-state index contributed by atoms with van der Waals surface area (Å²) >= 11 is 0. The number of nitrogens with two attached hydrogens (primary N) is 1. The molecule has 0 saturated heterocycles. The molecule has 1 unspecified atom stereocenters. The van der Waals surface area contributed by atoms with Crippen LogP contribution in [0, 0.1) is 6.92 Å². The Kier molecular flexibility index (Phi) is 4.76. The third-order valence-corrected chi connectivity index (χ3v) is 3.73. The average Bonchev–Trinajstić information content (AvgIpc) is 2.81. The first-order valence-electron chi connectivity index (χ1n) is 6.73. The number of aryl methyl sites for hydroxylation is 2. The lowest BCUT2D eigenvalue weighted by molar-refractivity contribution is 0.414. The third-order valence-electron chi connectivity index (χ3n) is 3.73. The summed E-state index contributed by atoms with van der Waals surface area (Å²) in [6.45, 7) is 2.06. The van der Waals surface area contributed by atoms with Crippen LogP contribution >= 0.6 is 0 Å². The molecular weight excluding hydrogens is 252 g/mol. The number of hydrazine groups is 1. The predicted octanol–water partition coefficient (Wildman–Crippen LogP) is 1.87. The molecule has 1 heterocycles. The van der Waals surface area contributed by atoms with Crippen LogP contribution < -0.4 is 16.0 Å². The summed E-state index contributed by atoms with van der Waals surface area (Å²) in [7, 11) is 3.62. The van der Waals surface area contributed by atoms with Crippen molar-refractivity contribution < 1.29 is 4.74 Å². The van der Waals surface area contributed by atoms with Gasteiger partial charge in [-0.2, -0.15) is 5.10 Å². The van der Waals surface area contributed by atoms with Crippen molar-refractivity contribution in [2.45, 2.75) is 25.8 Å². The van der Waals surface area contributed by atoms with Crippen LogP contribution in [-0.2, 0) is 13.5 Å². The second-order valence-corrected chi connectivity index (χ2v) is 4.91. The summed E-state index contributed by atoms with van der Waals surface area (Å²) in [4.78, 5) is 0. The minimum atomic E-state index is 0.116. The van der Waals surface area contributed by atoms with Crippen LogP contribution in [-0.4, -0.2) is 16.9 Å². The van der Waals surface area contributed by atoms with E-state index in [1.807, 2.05) is 30.1 Å². The van der Waals surface area contributed by atoms with E-state index >= 15 is 0 Å². The Morgan fingerprint density at radius 1 is 1.35 bits per heavy atom. The standard InChI is InChI=1S/C15H22N4O/c1-11-14(10-17-19(11)2)15(18-16)9-6-12-4-7-13(20-3)8-5-12/h4-5,7-8,10,15,18H,6,9,16H2,1-3H3. The van der Waals surface area contributed by atoms with Gasteiger partial charge in [-0.25, -0.2) is 0 Å². The topological polar surface area (TPSA) is 65.1 Å². The quantitative estimate of drug-likeness (QED) is 0.623. The number of nitrogens with one attached hydrogen (secondary N) is 1. The molecule has 5 heteroatoms. The van der Waals surface area contributed by atoms with Crippen LogP contribution in [0.4, 0.5) is 0 Å². The Labute approximate surface area is 119 Å². The highest BCUT2D eigenvalue weighted by atomic mass is 16.5. The number of nitrogens with zero attached hydrogens (tertiary/aromatic N) is 2. The average molecular weight is 274 g/mol. The van der Waals surface area contributed by atoms with Crippen LogP contribution in [0.3, 0.4) is 0 Å². The molecule has 1 aromatic heterocycles. The van der Waals surface area contributed by atoms with Crippen molar-refractivity contribution in [2.75, 3.05) is 7.11 Å². The number of aromatic nitrogens is 2. The van der Waals surface area contributed by atoms with Crippen molar-refractivity contribution in [3.63, 3.8) is 0 Å². The summed E-state index contributed by atoms with van der Waals surface area (Å²) in [5.74, 6) is 6.57. The minimum absolute atomic E-state index is 0.116. The Bertz CT molecular complexity index is 548. The molecule has 0 amide bonds. The van der Waals surface area contributed by atoms with Crippen molar-refractivity contribution in [1.82, 2.24) is 15.2 Å². The number of rotatable bonds is 6. The second kappa shape index (κ2) is 6.54. The minimum Gasteiger partial charge on any atom is -0.497 e. The van der Waals surface area contributed by atoms with Crippen LogP contribution in [0.25, 0.3) is 0 Å². The van der Waals surface area contributed by atoms with Gasteiger partial charge in [-0.05, 0) is 37.5 Å². The van der Waals surface area contributed by atoms with Crippen molar-refractivity contribution in [2.24, 2.45) is 12.9 Å². The largest absolute Gasteiger partial charge is 0.497 e. The summed E-state index contributed by atoms with van der Waals surface area (Å²) in [5, 5.41) is 4.27. The molecule has 5 nitrogen and oxygen atoms in total. The lowest BCUT2D eigenvalue weighted by atomic mass is 10.00. The zero-order valence-electron chi connectivity index (χ0n) is 12.3. The number of methoxy groups -OCH3 is 1. The highest BCUT2D eigenvalue weighted by Gasteiger charge is 2.15. The zero-order chi connectivity index (χ0) is 14.5. The van der Waals surface area contributed by atoms with Crippen LogP contribution in [0.2, 0.25) is 0 Å². The van der Waals surface area contributed by atoms with Gasteiger partial charge in [0.2, 0.25) is 0 Å². The smallest absolute Gasteiger partial charge is 0.118 e. The molecule has 2 aromatic rings. The molecular formula is C15H22N4O. The first kappa shape index (κ1) is 14.6. The van der Waals surface area contributed by atoms with Crippen molar-refractivity contribution in [1.29, 1.82) is 0 Å². The highest BCUT2D eigenvalue weighted by Crippen LogP contribution is 2.22. The van der Waals surface area contributed by atoms with E-state index in [1.54, 1.807) is 7.11 Å². The summed E-state index contributed by atoms with van der Waals surface area (Å²) < 4.78 is 7.03. The van der Waals surface area contributed by atoms with Crippen molar-refractivity contribution in [3.8, 4) is 5.75 Å². The second-order valence-electron chi connectivity index (χ2n) is 4.91. The molecule has 0 aliphatic heterocycles. The molecule has 0 saturated carbocycles. The van der Waals surface area contributed by atoms with E-state index in [-0.39, 0.29) is 6.04 Å². The fourth-order valence-electron chi connectivity index (χ4n) is 2.29. The molecule has 1 atom stereocenters. The molecule has 0 aliphatic rings. The van der Waals surface area contributed by atoms with Crippen LogP contribution in [0.5, 0.6) is 5.75 Å². The maximum atomic E-state index is 5.69. The Balaban J connectivity index is 2.01. The van der Waals surface area contributed by atoms with E-state index in [4.69, 9.17) is 10.6 Å². The van der Waals surface area contributed by atoms with Gasteiger partial charge in [-0.15, -0.1) is 0 Å². The lowest BCUT2D eigenvalue weighted by Crippen LogP contribution is -2.28. The summed E-state index contributed by atoms with van der Waals surface area (Å²) in [5.41, 5.74) is 6.46. The molecule has 108 valence electrons. The van der Waals surface area contributed by atoms with Gasteiger partial charge in [0.1, 0.15) is 5.75 Å². The fraction of sp³-hybridized carbons (Fsp3) is 0.400. The Morgan fingerprint density at radius 3 is 2.55 bits per heavy atom. The fourth-order valence-corrected chi connectivity index (χ4v) is 2.29. The molecule has 0 radical (unpaired) electrons. The van der Waals surface area contributed by atoms with Gasteiger partial charge in [-0.1, -0.05) is 12.1 Å². The molecule has 3 N–H and O–H groups in total. The van der Waals surface area contributed by atoms with Gasteiger partial charge in [0, 0.05) is 24.3 Å². The van der Waals surface area contributed by atoms with E-state index in [1.165, 1.54) is 5.56 Å². The normalized spacial score (nSPS) is 12.4. The van der Waals surface area contributed by atoms with Gasteiger partial charge < -0.3 is 4.74 Å². The molecule has 20 heavy (non-hydrogen) atoms. The van der Waals surface area contributed by atoms with E-state index < -0.39 is 0 Å². The third kappa shape index (κ3) is 3.18. The SMILES string of the molecule is COc1ccc(CCC(NN)c2cnn(C)c2C)cc1. The van der Waals surface area contributed by atoms with Gasteiger partial charge >= 0.3 is 0 Å². The van der Waals surface area contributed by atoms with Crippen LogP contribution in [0.15, 0.2) is 30.5 Å². The summed E-state index contributed by atoms with van der Waals surface area (Å²) in [6, 6.07) is 8.25. The maximum absolute atomic E-state index is 5.69. The van der Waals surface area contributed by atoms with Gasteiger partial charge in [-0.3, -0.25) is 16.0 Å². The lowest BCUT2D eigenvalue weighted by Gasteiger charge is -2.15. The number of hydrogen-bond donors (Lipinski definition) is 2. The molecule has 0 bridgehead atoms. The number of benzene rings is 1. The van der Waals surface area contributed by atoms with E-state index in [2.05, 4.69) is 29.6 Å². The number of hydrogen-bond acceptors (Lipinski definition) is 4. The monoisotopic (exact) mass is 274 g/mol. The summed E-state index contributed by atoms with van der Waals surface area (Å²) in [6.07, 6.45) is 3.76. The first-order chi connectivity index (χ1) is 9.65. The Morgan fingerprint density at radius 2 is 2.05 bits per heavy atom. The predicted molar refractivity (Wildman–Crippen MR) is 79.3 cm³/mol. The first-order valence-corrected chi connectivity index (χ1v) is 6.73. The van der Waals surface area contributed by atoms with E-state index in [0.29, 0.717) is 0 Å². The molecule has 2 rings (SSSR count).